The van der Waals surface area contributed by atoms with Crippen LogP contribution in [0.3, 0.4) is 0 Å². The van der Waals surface area contributed by atoms with Crippen LogP contribution in [-0.4, -0.2) is 17.3 Å². The Bertz CT molecular complexity index is 654. The zero-order valence-electron chi connectivity index (χ0n) is 13.8. The molecule has 3 rings (SSSR count). The maximum absolute atomic E-state index is 5.91. The van der Waals surface area contributed by atoms with E-state index in [1.807, 2.05) is 13.8 Å². The number of nitrogens with one attached hydrogen (secondary N) is 1. The molecule has 0 bridgehead atoms. The number of fused-ring (bicyclic) bond motifs is 1. The van der Waals surface area contributed by atoms with Crippen molar-refractivity contribution in [3.05, 3.63) is 46.3 Å². The lowest BCUT2D eigenvalue weighted by molar-refractivity contribution is 0.138. The van der Waals surface area contributed by atoms with Gasteiger partial charge < -0.3 is 14.6 Å². The van der Waals surface area contributed by atoms with E-state index in [-0.39, 0.29) is 5.60 Å². The summed E-state index contributed by atoms with van der Waals surface area (Å²) < 4.78 is 11.1. The lowest BCUT2D eigenvalue weighted by Gasteiger charge is -2.16. The first-order chi connectivity index (χ1) is 10.4. The van der Waals surface area contributed by atoms with Crippen molar-refractivity contribution in [3.63, 3.8) is 0 Å². The van der Waals surface area contributed by atoms with E-state index in [1.165, 1.54) is 16.7 Å². The molecule has 0 saturated carbocycles. The predicted molar refractivity (Wildman–Crippen MR) is 86.2 cm³/mol. The van der Waals surface area contributed by atoms with E-state index in [4.69, 9.17) is 9.26 Å². The van der Waals surface area contributed by atoms with Crippen LogP contribution in [0, 0.1) is 13.8 Å². The first kappa shape index (κ1) is 15.1. The van der Waals surface area contributed by atoms with E-state index in [0.29, 0.717) is 0 Å². The molecular weight excluding hydrogens is 276 g/mol. The monoisotopic (exact) mass is 300 g/mol. The highest BCUT2D eigenvalue weighted by Crippen LogP contribution is 2.35. The molecule has 1 aromatic carbocycles. The summed E-state index contributed by atoms with van der Waals surface area (Å²) in [7, 11) is 0. The van der Waals surface area contributed by atoms with Crippen molar-refractivity contribution in [3.8, 4) is 5.75 Å². The molecule has 118 valence electrons. The second-order valence-corrected chi connectivity index (χ2v) is 6.71. The van der Waals surface area contributed by atoms with Crippen molar-refractivity contribution >= 4 is 0 Å². The van der Waals surface area contributed by atoms with E-state index >= 15 is 0 Å². The molecular formula is C18H24N2O2. The SMILES string of the molecule is Cc1noc(C)c1CCNCc1ccc2c(c1)CC(C)(C)O2. The zero-order valence-corrected chi connectivity index (χ0v) is 13.8. The molecule has 1 aromatic heterocycles. The van der Waals surface area contributed by atoms with Crippen LogP contribution in [0.25, 0.3) is 0 Å². The Balaban J connectivity index is 1.53. The molecule has 1 N–H and O–H groups in total. The summed E-state index contributed by atoms with van der Waals surface area (Å²) in [4.78, 5) is 0. The van der Waals surface area contributed by atoms with Crippen LogP contribution < -0.4 is 10.1 Å². The van der Waals surface area contributed by atoms with E-state index in [0.717, 1.165) is 43.1 Å². The summed E-state index contributed by atoms with van der Waals surface area (Å²) in [6.07, 6.45) is 1.93. The average Bonchev–Trinajstić information content (AvgIpc) is 2.93. The molecule has 0 saturated heterocycles. The zero-order chi connectivity index (χ0) is 15.7. The Morgan fingerprint density at radius 1 is 1.27 bits per heavy atom. The lowest BCUT2D eigenvalue weighted by Crippen LogP contribution is -2.24. The van der Waals surface area contributed by atoms with Crippen LogP contribution in [0.5, 0.6) is 5.75 Å². The standard InChI is InChI=1S/C18H24N2O2/c1-12-16(13(2)22-20-12)7-8-19-11-14-5-6-17-15(9-14)10-18(3,4)21-17/h5-6,9,19H,7-8,10-11H2,1-4H3. The Morgan fingerprint density at radius 2 is 2.09 bits per heavy atom. The smallest absolute Gasteiger partial charge is 0.137 e. The van der Waals surface area contributed by atoms with Gasteiger partial charge in [-0.1, -0.05) is 17.3 Å². The van der Waals surface area contributed by atoms with Gasteiger partial charge in [0.15, 0.2) is 0 Å². The van der Waals surface area contributed by atoms with Crippen molar-refractivity contribution < 1.29 is 9.26 Å². The van der Waals surface area contributed by atoms with Gasteiger partial charge in [0.25, 0.3) is 0 Å². The third kappa shape index (κ3) is 3.17. The second kappa shape index (κ2) is 5.76. The van der Waals surface area contributed by atoms with Crippen LogP contribution in [0.2, 0.25) is 0 Å². The maximum atomic E-state index is 5.91. The minimum absolute atomic E-state index is 0.0717. The van der Waals surface area contributed by atoms with Crippen LogP contribution in [0.15, 0.2) is 22.7 Å². The van der Waals surface area contributed by atoms with Gasteiger partial charge in [0.2, 0.25) is 0 Å². The molecule has 22 heavy (non-hydrogen) atoms. The molecule has 0 unspecified atom stereocenters. The third-order valence-corrected chi connectivity index (χ3v) is 4.19. The third-order valence-electron chi connectivity index (χ3n) is 4.19. The number of ether oxygens (including phenoxy) is 1. The number of nitrogens with zero attached hydrogens (tertiary/aromatic N) is 1. The molecule has 4 nitrogen and oxygen atoms in total. The fourth-order valence-corrected chi connectivity index (χ4v) is 3.08. The summed E-state index contributed by atoms with van der Waals surface area (Å²) in [5.74, 6) is 1.96. The van der Waals surface area contributed by atoms with Gasteiger partial charge in [-0.05, 0) is 57.9 Å². The fourth-order valence-electron chi connectivity index (χ4n) is 3.08. The molecule has 4 heteroatoms. The number of rotatable bonds is 5. The molecule has 2 aromatic rings. The van der Waals surface area contributed by atoms with Crippen molar-refractivity contribution in [1.82, 2.24) is 10.5 Å². The first-order valence-electron chi connectivity index (χ1n) is 7.88. The average molecular weight is 300 g/mol. The summed E-state index contributed by atoms with van der Waals surface area (Å²) in [5.41, 5.74) is 4.76. The van der Waals surface area contributed by atoms with Gasteiger partial charge >= 0.3 is 0 Å². The molecule has 0 aliphatic carbocycles. The lowest BCUT2D eigenvalue weighted by atomic mass is 10.0. The van der Waals surface area contributed by atoms with E-state index in [1.54, 1.807) is 0 Å². The fraction of sp³-hybridized carbons (Fsp3) is 0.500. The van der Waals surface area contributed by atoms with E-state index in [2.05, 4.69) is 42.5 Å². The number of benzene rings is 1. The molecule has 2 heterocycles. The Morgan fingerprint density at radius 3 is 2.82 bits per heavy atom. The van der Waals surface area contributed by atoms with Crippen molar-refractivity contribution in [2.75, 3.05) is 6.54 Å². The van der Waals surface area contributed by atoms with Crippen LogP contribution >= 0.6 is 0 Å². The largest absolute Gasteiger partial charge is 0.487 e. The van der Waals surface area contributed by atoms with E-state index in [9.17, 15) is 0 Å². The second-order valence-electron chi connectivity index (χ2n) is 6.71. The molecule has 0 amide bonds. The van der Waals surface area contributed by atoms with E-state index < -0.39 is 0 Å². The quantitative estimate of drug-likeness (QED) is 0.860. The highest BCUT2D eigenvalue weighted by molar-refractivity contribution is 5.41. The summed E-state index contributed by atoms with van der Waals surface area (Å²) in [6, 6.07) is 6.49. The van der Waals surface area contributed by atoms with Gasteiger partial charge in [0.05, 0.1) is 5.69 Å². The Hall–Kier alpha value is -1.81. The highest BCUT2D eigenvalue weighted by Gasteiger charge is 2.29. The predicted octanol–water partition coefficient (Wildman–Crippen LogP) is 3.34. The minimum Gasteiger partial charge on any atom is -0.487 e. The van der Waals surface area contributed by atoms with Crippen LogP contribution in [0.1, 0.15) is 42.0 Å². The van der Waals surface area contributed by atoms with Crippen molar-refractivity contribution in [1.29, 1.82) is 0 Å². The van der Waals surface area contributed by atoms with Crippen molar-refractivity contribution in [2.24, 2.45) is 0 Å². The molecule has 0 spiro atoms. The van der Waals surface area contributed by atoms with Gasteiger partial charge in [0.1, 0.15) is 17.1 Å². The van der Waals surface area contributed by atoms with Gasteiger partial charge in [-0.3, -0.25) is 0 Å². The highest BCUT2D eigenvalue weighted by atomic mass is 16.5. The topological polar surface area (TPSA) is 47.3 Å². The molecule has 0 atom stereocenters. The number of aromatic nitrogens is 1. The van der Waals surface area contributed by atoms with Gasteiger partial charge in [-0.15, -0.1) is 0 Å². The van der Waals surface area contributed by atoms with Gasteiger partial charge in [-0.25, -0.2) is 0 Å². The van der Waals surface area contributed by atoms with Crippen LogP contribution in [0.4, 0.5) is 0 Å². The Labute approximate surface area is 131 Å². The maximum Gasteiger partial charge on any atom is 0.137 e. The van der Waals surface area contributed by atoms with Crippen LogP contribution in [-0.2, 0) is 19.4 Å². The molecule has 1 aliphatic heterocycles. The first-order valence-corrected chi connectivity index (χ1v) is 7.88. The molecule has 0 radical (unpaired) electrons. The minimum atomic E-state index is -0.0717. The van der Waals surface area contributed by atoms with Gasteiger partial charge in [-0.2, -0.15) is 0 Å². The number of hydrogen-bond acceptors (Lipinski definition) is 4. The summed E-state index contributed by atoms with van der Waals surface area (Å²) >= 11 is 0. The summed E-state index contributed by atoms with van der Waals surface area (Å²) in [5, 5.41) is 7.49. The number of aryl methyl sites for hydroxylation is 2. The van der Waals surface area contributed by atoms with Gasteiger partial charge in [0, 0.05) is 18.5 Å². The molecule has 0 fully saturated rings. The Kier molecular flexibility index (Phi) is 3.96. The normalized spacial score (nSPS) is 15.6. The number of hydrogen-bond donors (Lipinski definition) is 1. The summed E-state index contributed by atoms with van der Waals surface area (Å²) in [6.45, 7) is 10.0. The molecule has 1 aliphatic rings. The van der Waals surface area contributed by atoms with Crippen molar-refractivity contribution in [2.45, 2.75) is 52.7 Å².